The van der Waals surface area contributed by atoms with Crippen molar-refractivity contribution in [2.45, 2.75) is 13.3 Å². The Hall–Kier alpha value is -2.37. The van der Waals surface area contributed by atoms with E-state index < -0.39 is 0 Å². The smallest absolute Gasteiger partial charge is 0.255 e. The van der Waals surface area contributed by atoms with Gasteiger partial charge in [-0.05, 0) is 30.2 Å². The monoisotopic (exact) mass is 385 g/mol. The van der Waals surface area contributed by atoms with Crippen LogP contribution >= 0.6 is 11.6 Å². The number of halogens is 1. The topological polar surface area (TPSA) is 52.7 Å². The minimum absolute atomic E-state index is 0.0261. The summed E-state index contributed by atoms with van der Waals surface area (Å²) < 4.78 is 0. The average Bonchev–Trinajstić information content (AvgIpc) is 2.69. The third-order valence-corrected chi connectivity index (χ3v) is 5.13. The number of piperazine rings is 1. The Morgan fingerprint density at radius 2 is 1.67 bits per heavy atom. The highest BCUT2D eigenvalue weighted by atomic mass is 35.5. The number of hydrogen-bond donors (Lipinski definition) is 1. The lowest BCUT2D eigenvalue weighted by Crippen LogP contribution is -2.50. The Morgan fingerprint density at radius 1 is 1.00 bits per heavy atom. The van der Waals surface area contributed by atoms with Crippen LogP contribution in [-0.4, -0.2) is 54.3 Å². The standard InChI is InChI=1S/C21H24ClN3O2/c1-2-16-7-3-6-10-19(16)23-20(26)15-24-11-13-25(14-12-24)21(27)17-8-4-5-9-18(17)22/h3-10H,2,11-15H2,1H3,(H,23,26). The fourth-order valence-electron chi connectivity index (χ4n) is 3.26. The van der Waals surface area contributed by atoms with Gasteiger partial charge in [0.2, 0.25) is 5.91 Å². The summed E-state index contributed by atoms with van der Waals surface area (Å²) in [4.78, 5) is 28.8. The molecular formula is C21H24ClN3O2. The van der Waals surface area contributed by atoms with Gasteiger partial charge in [0, 0.05) is 31.9 Å². The molecule has 0 spiro atoms. The summed E-state index contributed by atoms with van der Waals surface area (Å²) in [5.41, 5.74) is 2.53. The van der Waals surface area contributed by atoms with Gasteiger partial charge in [-0.15, -0.1) is 0 Å². The Labute approximate surface area is 164 Å². The molecule has 27 heavy (non-hydrogen) atoms. The maximum absolute atomic E-state index is 12.6. The molecule has 1 heterocycles. The third-order valence-electron chi connectivity index (χ3n) is 4.80. The van der Waals surface area contributed by atoms with E-state index in [-0.39, 0.29) is 11.8 Å². The van der Waals surface area contributed by atoms with Gasteiger partial charge in [0.15, 0.2) is 0 Å². The molecule has 142 valence electrons. The second-order valence-electron chi connectivity index (χ2n) is 6.61. The number of para-hydroxylation sites is 1. The van der Waals surface area contributed by atoms with Gasteiger partial charge in [0.05, 0.1) is 17.1 Å². The Kier molecular flexibility index (Phi) is 6.48. The van der Waals surface area contributed by atoms with Crippen molar-refractivity contribution in [3.8, 4) is 0 Å². The maximum Gasteiger partial charge on any atom is 0.255 e. The van der Waals surface area contributed by atoms with Gasteiger partial charge in [-0.25, -0.2) is 0 Å². The fourth-order valence-corrected chi connectivity index (χ4v) is 3.47. The lowest BCUT2D eigenvalue weighted by atomic mass is 10.1. The van der Waals surface area contributed by atoms with Crippen molar-refractivity contribution in [1.82, 2.24) is 9.80 Å². The molecule has 2 aromatic rings. The Morgan fingerprint density at radius 3 is 2.37 bits per heavy atom. The number of carbonyl (C=O) groups excluding carboxylic acids is 2. The van der Waals surface area contributed by atoms with Crippen LogP contribution in [0, 0.1) is 0 Å². The molecule has 0 aromatic heterocycles. The van der Waals surface area contributed by atoms with Crippen LogP contribution in [0.2, 0.25) is 5.02 Å². The van der Waals surface area contributed by atoms with Crippen molar-refractivity contribution in [3.05, 3.63) is 64.7 Å². The van der Waals surface area contributed by atoms with Crippen LogP contribution in [-0.2, 0) is 11.2 Å². The summed E-state index contributed by atoms with van der Waals surface area (Å²) in [5, 5.41) is 3.47. The summed E-state index contributed by atoms with van der Waals surface area (Å²) in [5.74, 6) is -0.0802. The highest BCUT2D eigenvalue weighted by Gasteiger charge is 2.24. The SMILES string of the molecule is CCc1ccccc1NC(=O)CN1CCN(C(=O)c2ccccc2Cl)CC1. The molecule has 0 saturated carbocycles. The van der Waals surface area contributed by atoms with E-state index in [1.807, 2.05) is 36.4 Å². The van der Waals surface area contributed by atoms with Crippen LogP contribution in [0.25, 0.3) is 0 Å². The number of anilines is 1. The number of amides is 2. The highest BCUT2D eigenvalue weighted by molar-refractivity contribution is 6.33. The number of rotatable bonds is 5. The van der Waals surface area contributed by atoms with Crippen LogP contribution in [0.1, 0.15) is 22.8 Å². The quantitative estimate of drug-likeness (QED) is 0.859. The van der Waals surface area contributed by atoms with Crippen molar-refractivity contribution in [2.24, 2.45) is 0 Å². The molecule has 3 rings (SSSR count). The number of hydrogen-bond acceptors (Lipinski definition) is 3. The lowest BCUT2D eigenvalue weighted by Gasteiger charge is -2.34. The molecule has 1 saturated heterocycles. The zero-order chi connectivity index (χ0) is 19.2. The molecule has 0 bridgehead atoms. The van der Waals surface area contributed by atoms with Crippen molar-refractivity contribution in [1.29, 1.82) is 0 Å². The lowest BCUT2D eigenvalue weighted by molar-refractivity contribution is -0.117. The van der Waals surface area contributed by atoms with Crippen LogP contribution < -0.4 is 5.32 Å². The minimum Gasteiger partial charge on any atom is -0.336 e. The molecule has 0 atom stereocenters. The Balaban J connectivity index is 1.51. The zero-order valence-corrected chi connectivity index (χ0v) is 16.2. The van der Waals surface area contributed by atoms with Gasteiger partial charge in [0.1, 0.15) is 0 Å². The molecular weight excluding hydrogens is 362 g/mol. The van der Waals surface area contributed by atoms with Crippen LogP contribution in [0.15, 0.2) is 48.5 Å². The average molecular weight is 386 g/mol. The van der Waals surface area contributed by atoms with Crippen molar-refractivity contribution in [2.75, 3.05) is 38.0 Å². The molecule has 5 nitrogen and oxygen atoms in total. The largest absolute Gasteiger partial charge is 0.336 e. The minimum atomic E-state index is -0.0541. The van der Waals surface area contributed by atoms with E-state index in [1.165, 1.54) is 0 Å². The van der Waals surface area contributed by atoms with Crippen molar-refractivity contribution >= 4 is 29.1 Å². The van der Waals surface area contributed by atoms with Crippen molar-refractivity contribution < 1.29 is 9.59 Å². The molecule has 1 aliphatic heterocycles. The highest BCUT2D eigenvalue weighted by Crippen LogP contribution is 2.18. The van der Waals surface area contributed by atoms with Gasteiger partial charge in [-0.1, -0.05) is 48.9 Å². The number of carbonyl (C=O) groups is 2. The van der Waals surface area contributed by atoms with Crippen molar-refractivity contribution in [3.63, 3.8) is 0 Å². The zero-order valence-electron chi connectivity index (χ0n) is 15.5. The van der Waals surface area contributed by atoms with E-state index in [1.54, 1.807) is 17.0 Å². The summed E-state index contributed by atoms with van der Waals surface area (Å²) in [7, 11) is 0. The number of aryl methyl sites for hydroxylation is 1. The summed E-state index contributed by atoms with van der Waals surface area (Å²) in [6, 6.07) is 14.9. The summed E-state index contributed by atoms with van der Waals surface area (Å²) in [6.45, 7) is 4.90. The molecule has 1 N–H and O–H groups in total. The fraction of sp³-hybridized carbons (Fsp3) is 0.333. The number of nitrogens with zero attached hydrogens (tertiary/aromatic N) is 2. The number of nitrogens with one attached hydrogen (secondary N) is 1. The first-order valence-electron chi connectivity index (χ1n) is 9.22. The first kappa shape index (κ1) is 19.4. The molecule has 6 heteroatoms. The molecule has 2 amide bonds. The normalized spacial score (nSPS) is 14.8. The Bertz CT molecular complexity index is 817. The van der Waals surface area contributed by atoms with Crippen LogP contribution in [0.4, 0.5) is 5.69 Å². The van der Waals surface area contributed by atoms with E-state index in [4.69, 9.17) is 11.6 Å². The van der Waals surface area contributed by atoms with E-state index in [9.17, 15) is 9.59 Å². The van der Waals surface area contributed by atoms with E-state index >= 15 is 0 Å². The summed E-state index contributed by atoms with van der Waals surface area (Å²) in [6.07, 6.45) is 0.874. The van der Waals surface area contributed by atoms with Gasteiger partial charge in [-0.2, -0.15) is 0 Å². The molecule has 2 aromatic carbocycles. The van der Waals surface area contributed by atoms with Gasteiger partial charge < -0.3 is 10.2 Å². The third kappa shape index (κ3) is 4.87. The van der Waals surface area contributed by atoms with E-state index in [0.717, 1.165) is 17.7 Å². The molecule has 0 aliphatic carbocycles. The number of benzene rings is 2. The molecule has 0 radical (unpaired) electrons. The van der Waals surface area contributed by atoms with Crippen LogP contribution in [0.5, 0.6) is 0 Å². The molecule has 1 fully saturated rings. The second-order valence-corrected chi connectivity index (χ2v) is 7.01. The van der Waals surface area contributed by atoms with E-state index in [2.05, 4.69) is 17.1 Å². The van der Waals surface area contributed by atoms with Gasteiger partial charge in [-0.3, -0.25) is 14.5 Å². The second kappa shape index (κ2) is 9.02. The molecule has 1 aliphatic rings. The van der Waals surface area contributed by atoms with E-state index in [0.29, 0.717) is 43.3 Å². The molecule has 0 unspecified atom stereocenters. The predicted molar refractivity (Wildman–Crippen MR) is 108 cm³/mol. The first-order valence-corrected chi connectivity index (χ1v) is 9.60. The van der Waals surface area contributed by atoms with Crippen LogP contribution in [0.3, 0.4) is 0 Å². The first-order chi connectivity index (χ1) is 13.1. The predicted octanol–water partition coefficient (Wildman–Crippen LogP) is 3.30. The van der Waals surface area contributed by atoms with Gasteiger partial charge >= 0.3 is 0 Å². The summed E-state index contributed by atoms with van der Waals surface area (Å²) >= 11 is 6.13. The van der Waals surface area contributed by atoms with Gasteiger partial charge in [0.25, 0.3) is 5.91 Å². The maximum atomic E-state index is 12.6.